The van der Waals surface area contributed by atoms with Crippen LogP contribution in [0.5, 0.6) is 0 Å². The van der Waals surface area contributed by atoms with E-state index in [0.29, 0.717) is 0 Å². The summed E-state index contributed by atoms with van der Waals surface area (Å²) in [6.45, 7) is 6.32. The van der Waals surface area contributed by atoms with Crippen LogP contribution in [-0.4, -0.2) is 0 Å². The van der Waals surface area contributed by atoms with Gasteiger partial charge in [-0.05, 0) is 48.4 Å². The number of rotatable bonds is 1. The van der Waals surface area contributed by atoms with Crippen LogP contribution in [0.25, 0.3) is 0 Å². The van der Waals surface area contributed by atoms with Crippen molar-refractivity contribution >= 4 is 0 Å². The second kappa shape index (κ2) is 4.09. The van der Waals surface area contributed by atoms with Crippen molar-refractivity contribution in [2.45, 2.75) is 52.0 Å². The molecule has 1 fully saturated rings. The first-order valence-corrected chi connectivity index (χ1v) is 6.42. The quantitative estimate of drug-likeness (QED) is 0.785. The zero-order valence-corrected chi connectivity index (χ0v) is 11.0. The van der Waals surface area contributed by atoms with E-state index in [4.69, 9.17) is 5.73 Å². The van der Waals surface area contributed by atoms with Gasteiger partial charge in [0.1, 0.15) is 5.82 Å². The normalized spacial score (nSPS) is 28.1. The van der Waals surface area contributed by atoms with Crippen LogP contribution in [0, 0.1) is 18.2 Å². The van der Waals surface area contributed by atoms with Gasteiger partial charge < -0.3 is 5.73 Å². The van der Waals surface area contributed by atoms with Crippen molar-refractivity contribution in [1.82, 2.24) is 0 Å². The summed E-state index contributed by atoms with van der Waals surface area (Å²) in [6.07, 6.45) is 4.41. The minimum absolute atomic E-state index is 0.0332. The van der Waals surface area contributed by atoms with Crippen LogP contribution in [0.3, 0.4) is 0 Å². The zero-order chi connectivity index (χ0) is 12.7. The first-order chi connectivity index (χ1) is 7.85. The number of halogens is 1. The molecule has 0 radical (unpaired) electrons. The highest BCUT2D eigenvalue weighted by Gasteiger charge is 2.44. The molecule has 2 N–H and O–H groups in total. The molecule has 1 nitrogen and oxygen atoms in total. The molecule has 0 amide bonds. The molecule has 1 aliphatic carbocycles. The van der Waals surface area contributed by atoms with Gasteiger partial charge in [0.2, 0.25) is 0 Å². The average molecular weight is 235 g/mol. The van der Waals surface area contributed by atoms with Gasteiger partial charge in [-0.15, -0.1) is 0 Å². The smallest absolute Gasteiger partial charge is 0.123 e. The zero-order valence-electron chi connectivity index (χ0n) is 11.0. The van der Waals surface area contributed by atoms with E-state index in [1.807, 2.05) is 13.0 Å². The third-order valence-corrected chi connectivity index (χ3v) is 4.39. The number of nitrogens with two attached hydrogens (primary N) is 1. The molecule has 0 saturated heterocycles. The second-order valence-electron chi connectivity index (χ2n) is 6.08. The van der Waals surface area contributed by atoms with Gasteiger partial charge in [0.15, 0.2) is 0 Å². The fraction of sp³-hybridized carbons (Fsp3) is 0.600. The molecule has 1 unspecified atom stereocenters. The van der Waals surface area contributed by atoms with E-state index < -0.39 is 5.54 Å². The topological polar surface area (TPSA) is 26.0 Å². The summed E-state index contributed by atoms with van der Waals surface area (Å²) in [5.74, 6) is -0.175. The maximum atomic E-state index is 13.5. The Morgan fingerprint density at radius 1 is 1.12 bits per heavy atom. The maximum Gasteiger partial charge on any atom is 0.123 e. The Labute approximate surface area is 103 Å². The molecule has 1 aromatic rings. The average Bonchev–Trinajstić information content (AvgIpc) is 2.21. The van der Waals surface area contributed by atoms with Gasteiger partial charge in [0.25, 0.3) is 0 Å². The molecule has 0 aliphatic heterocycles. The fourth-order valence-corrected chi connectivity index (χ4v) is 3.06. The van der Waals surface area contributed by atoms with Crippen LogP contribution in [0.1, 0.15) is 50.7 Å². The Morgan fingerprint density at radius 3 is 2.35 bits per heavy atom. The standard InChI is InChI=1S/C15H22FN/c1-11-8-12(10-13(16)9-11)15(17)7-5-4-6-14(15,2)3/h8-10H,4-7,17H2,1-3H3. The highest BCUT2D eigenvalue weighted by Crippen LogP contribution is 2.48. The molecule has 94 valence electrons. The van der Waals surface area contributed by atoms with E-state index in [1.165, 1.54) is 6.42 Å². The molecular weight excluding hydrogens is 213 g/mol. The highest BCUT2D eigenvalue weighted by molar-refractivity contribution is 5.32. The summed E-state index contributed by atoms with van der Waals surface area (Å²) in [5.41, 5.74) is 8.18. The lowest BCUT2D eigenvalue weighted by atomic mass is 9.61. The van der Waals surface area contributed by atoms with Crippen LogP contribution in [0.4, 0.5) is 4.39 Å². The highest BCUT2D eigenvalue weighted by atomic mass is 19.1. The summed E-state index contributed by atoms with van der Waals surface area (Å²) < 4.78 is 13.5. The summed E-state index contributed by atoms with van der Waals surface area (Å²) in [7, 11) is 0. The Bertz CT molecular complexity index is 405. The molecule has 1 saturated carbocycles. The lowest BCUT2D eigenvalue weighted by Gasteiger charge is -2.48. The Balaban J connectivity index is 2.49. The van der Waals surface area contributed by atoms with Gasteiger partial charge in [0, 0.05) is 5.54 Å². The Kier molecular flexibility index (Phi) is 3.03. The second-order valence-corrected chi connectivity index (χ2v) is 6.08. The maximum absolute atomic E-state index is 13.5. The van der Waals surface area contributed by atoms with Gasteiger partial charge in [-0.3, -0.25) is 0 Å². The van der Waals surface area contributed by atoms with E-state index in [-0.39, 0.29) is 11.2 Å². The number of hydrogen-bond donors (Lipinski definition) is 1. The molecule has 17 heavy (non-hydrogen) atoms. The lowest BCUT2D eigenvalue weighted by Crippen LogP contribution is -2.51. The van der Waals surface area contributed by atoms with E-state index in [0.717, 1.165) is 30.4 Å². The Hall–Kier alpha value is -0.890. The molecule has 0 bridgehead atoms. The van der Waals surface area contributed by atoms with Crippen molar-refractivity contribution in [3.8, 4) is 0 Å². The largest absolute Gasteiger partial charge is 0.321 e. The SMILES string of the molecule is Cc1cc(F)cc(C2(N)CCCCC2(C)C)c1. The van der Waals surface area contributed by atoms with Crippen molar-refractivity contribution < 1.29 is 4.39 Å². The molecular formula is C15H22FN. The van der Waals surface area contributed by atoms with Gasteiger partial charge >= 0.3 is 0 Å². The van der Waals surface area contributed by atoms with Gasteiger partial charge in [-0.2, -0.15) is 0 Å². The number of benzene rings is 1. The minimum atomic E-state index is -0.391. The first-order valence-electron chi connectivity index (χ1n) is 6.42. The van der Waals surface area contributed by atoms with Crippen LogP contribution in [0.15, 0.2) is 18.2 Å². The van der Waals surface area contributed by atoms with Crippen LogP contribution >= 0.6 is 0 Å². The van der Waals surface area contributed by atoms with E-state index >= 15 is 0 Å². The molecule has 0 spiro atoms. The van der Waals surface area contributed by atoms with Gasteiger partial charge in [0.05, 0.1) is 0 Å². The van der Waals surface area contributed by atoms with Crippen molar-refractivity contribution in [3.63, 3.8) is 0 Å². The van der Waals surface area contributed by atoms with E-state index in [9.17, 15) is 4.39 Å². The van der Waals surface area contributed by atoms with Crippen LogP contribution in [-0.2, 0) is 5.54 Å². The van der Waals surface area contributed by atoms with Crippen molar-refractivity contribution in [2.75, 3.05) is 0 Å². The summed E-state index contributed by atoms with van der Waals surface area (Å²) in [4.78, 5) is 0. The van der Waals surface area contributed by atoms with Crippen molar-refractivity contribution in [3.05, 3.63) is 35.1 Å². The van der Waals surface area contributed by atoms with Crippen LogP contribution in [0.2, 0.25) is 0 Å². The first kappa shape index (κ1) is 12.6. The molecule has 2 heteroatoms. The van der Waals surface area contributed by atoms with Crippen molar-refractivity contribution in [2.24, 2.45) is 11.1 Å². The van der Waals surface area contributed by atoms with Crippen LogP contribution < -0.4 is 5.73 Å². The molecule has 1 aromatic carbocycles. The van der Waals surface area contributed by atoms with E-state index in [1.54, 1.807) is 12.1 Å². The van der Waals surface area contributed by atoms with Crippen molar-refractivity contribution in [1.29, 1.82) is 0 Å². The third kappa shape index (κ3) is 2.11. The lowest BCUT2D eigenvalue weighted by molar-refractivity contribution is 0.0975. The summed E-state index contributed by atoms with van der Waals surface area (Å²) >= 11 is 0. The predicted molar refractivity (Wildman–Crippen MR) is 69.3 cm³/mol. The summed E-state index contributed by atoms with van der Waals surface area (Å²) in [5, 5.41) is 0. The summed E-state index contributed by atoms with van der Waals surface area (Å²) in [6, 6.07) is 5.21. The molecule has 0 heterocycles. The monoisotopic (exact) mass is 235 g/mol. The van der Waals surface area contributed by atoms with Gasteiger partial charge in [-0.1, -0.05) is 32.8 Å². The predicted octanol–water partition coefficient (Wildman–Crippen LogP) is 3.89. The van der Waals surface area contributed by atoms with Gasteiger partial charge in [-0.25, -0.2) is 4.39 Å². The Morgan fingerprint density at radius 2 is 1.76 bits per heavy atom. The fourth-order valence-electron chi connectivity index (χ4n) is 3.06. The van der Waals surface area contributed by atoms with E-state index in [2.05, 4.69) is 13.8 Å². The molecule has 0 aromatic heterocycles. The molecule has 1 aliphatic rings. The molecule has 1 atom stereocenters. The third-order valence-electron chi connectivity index (χ3n) is 4.39. The number of aryl methyl sites for hydroxylation is 1. The number of hydrogen-bond acceptors (Lipinski definition) is 1. The molecule has 2 rings (SSSR count). The minimum Gasteiger partial charge on any atom is -0.321 e.